The number of fused-ring (bicyclic) bond motifs is 2. The van der Waals surface area contributed by atoms with Crippen LogP contribution in [0, 0.1) is 5.41 Å². The van der Waals surface area contributed by atoms with Gasteiger partial charge in [-0.25, -0.2) is 0 Å². The number of ether oxygens (including phenoxy) is 1. The number of hydrogen-bond acceptors (Lipinski definition) is 6. The number of aromatic nitrogens is 5. The van der Waals surface area contributed by atoms with Crippen LogP contribution >= 0.6 is 12.4 Å². The fraction of sp³-hybridized carbons (Fsp3) is 0.458. The molecule has 9 nitrogen and oxygen atoms in total. The first kappa shape index (κ1) is 22.9. The summed E-state index contributed by atoms with van der Waals surface area (Å²) in [6.45, 7) is 5.88. The zero-order chi connectivity index (χ0) is 22.7. The number of nitrogens with one attached hydrogen (secondary N) is 1. The molecule has 1 atom stereocenters. The highest BCUT2D eigenvalue weighted by molar-refractivity contribution is 5.96. The van der Waals surface area contributed by atoms with Crippen molar-refractivity contribution < 1.29 is 4.74 Å². The Morgan fingerprint density at radius 2 is 2.09 bits per heavy atom. The zero-order valence-electron chi connectivity index (χ0n) is 19.5. The van der Waals surface area contributed by atoms with Gasteiger partial charge >= 0.3 is 0 Å². The van der Waals surface area contributed by atoms with Gasteiger partial charge in [-0.1, -0.05) is 12.1 Å². The van der Waals surface area contributed by atoms with Crippen LogP contribution in [0.5, 0.6) is 0 Å². The molecule has 0 bridgehead atoms. The second kappa shape index (κ2) is 8.41. The van der Waals surface area contributed by atoms with Gasteiger partial charge in [0.15, 0.2) is 0 Å². The van der Waals surface area contributed by atoms with Crippen molar-refractivity contribution in [1.82, 2.24) is 24.3 Å². The molecule has 2 saturated heterocycles. The van der Waals surface area contributed by atoms with Gasteiger partial charge in [0.1, 0.15) is 5.65 Å². The summed E-state index contributed by atoms with van der Waals surface area (Å²) in [6.07, 6.45) is 5.81. The Balaban J connectivity index is 0.00000241. The predicted octanol–water partition coefficient (Wildman–Crippen LogP) is 2.66. The maximum absolute atomic E-state index is 13.5. The minimum atomic E-state index is -0.0494. The van der Waals surface area contributed by atoms with E-state index in [2.05, 4.69) is 28.0 Å². The number of hydrogen-bond donors (Lipinski definition) is 2. The summed E-state index contributed by atoms with van der Waals surface area (Å²) in [5.41, 5.74) is 9.68. The van der Waals surface area contributed by atoms with Gasteiger partial charge in [-0.05, 0) is 31.4 Å². The van der Waals surface area contributed by atoms with Crippen molar-refractivity contribution in [3.8, 4) is 11.1 Å². The molecule has 10 heteroatoms. The number of halogens is 1. The van der Waals surface area contributed by atoms with Gasteiger partial charge in [-0.3, -0.25) is 14.0 Å². The molecule has 1 spiro atoms. The number of piperidine rings is 1. The molecular weight excluding hydrogens is 454 g/mol. The third-order valence-corrected chi connectivity index (χ3v) is 7.59. The lowest BCUT2D eigenvalue weighted by atomic mass is 9.75. The van der Waals surface area contributed by atoms with Gasteiger partial charge in [0.25, 0.3) is 5.56 Å². The number of aryl methyl sites for hydroxylation is 1. The molecule has 2 aliphatic rings. The molecule has 3 N–H and O–H groups in total. The largest absolute Gasteiger partial charge is 0.379 e. The fourth-order valence-corrected chi connectivity index (χ4v) is 5.40. The van der Waals surface area contributed by atoms with Crippen LogP contribution in [0.2, 0.25) is 0 Å². The topological polar surface area (TPSA) is 107 Å². The summed E-state index contributed by atoms with van der Waals surface area (Å²) in [7, 11) is 1.81. The molecule has 34 heavy (non-hydrogen) atoms. The third kappa shape index (κ3) is 3.41. The first-order chi connectivity index (χ1) is 16.0. The summed E-state index contributed by atoms with van der Waals surface area (Å²) in [4.78, 5) is 23.8. The molecule has 0 unspecified atom stereocenters. The van der Waals surface area contributed by atoms with Crippen LogP contribution in [-0.4, -0.2) is 56.7 Å². The normalized spacial score (nSPS) is 19.9. The Morgan fingerprint density at radius 1 is 1.29 bits per heavy atom. The molecule has 5 heterocycles. The smallest absolute Gasteiger partial charge is 0.264 e. The maximum Gasteiger partial charge on any atom is 0.264 e. The second-order valence-electron chi connectivity index (χ2n) is 9.43. The van der Waals surface area contributed by atoms with Gasteiger partial charge in [0.05, 0.1) is 24.1 Å². The van der Waals surface area contributed by atoms with Gasteiger partial charge in [0, 0.05) is 61.5 Å². The summed E-state index contributed by atoms with van der Waals surface area (Å²) < 4.78 is 9.24. The summed E-state index contributed by atoms with van der Waals surface area (Å²) >= 11 is 0. The molecule has 0 aliphatic carbocycles. The number of benzene rings is 1. The van der Waals surface area contributed by atoms with Crippen molar-refractivity contribution in [2.75, 3.05) is 31.2 Å². The first-order valence-corrected chi connectivity index (χ1v) is 11.6. The van der Waals surface area contributed by atoms with Crippen LogP contribution in [0.1, 0.15) is 19.8 Å². The van der Waals surface area contributed by atoms with Crippen molar-refractivity contribution in [2.24, 2.45) is 18.2 Å². The summed E-state index contributed by atoms with van der Waals surface area (Å²) in [5.74, 6) is 0.695. The Bertz CT molecular complexity index is 1410. The zero-order valence-corrected chi connectivity index (χ0v) is 20.3. The number of aromatic amines is 1. The van der Waals surface area contributed by atoms with Crippen LogP contribution in [0.15, 0.2) is 35.4 Å². The Morgan fingerprint density at radius 3 is 2.79 bits per heavy atom. The van der Waals surface area contributed by atoms with Crippen molar-refractivity contribution in [3.05, 3.63) is 40.9 Å². The monoisotopic (exact) mass is 483 g/mol. The number of rotatable bonds is 3. The van der Waals surface area contributed by atoms with Crippen molar-refractivity contribution in [1.29, 1.82) is 0 Å². The Labute approximate surface area is 203 Å². The molecule has 0 amide bonds. The summed E-state index contributed by atoms with van der Waals surface area (Å²) in [6, 6.07) is 6.22. The Hall–Kier alpha value is -2.88. The molecule has 3 aromatic heterocycles. The number of nitrogens with two attached hydrogens (primary N) is 1. The van der Waals surface area contributed by atoms with Crippen molar-refractivity contribution in [3.63, 3.8) is 0 Å². The van der Waals surface area contributed by atoms with E-state index in [0.29, 0.717) is 23.6 Å². The molecule has 2 aliphatic heterocycles. The van der Waals surface area contributed by atoms with E-state index in [1.807, 2.05) is 36.3 Å². The quantitative estimate of drug-likeness (QED) is 0.464. The Kier molecular flexibility index (Phi) is 5.66. The van der Waals surface area contributed by atoms with E-state index in [1.54, 1.807) is 4.57 Å². The molecule has 0 radical (unpaired) electrons. The lowest BCUT2D eigenvalue weighted by Crippen LogP contribution is -2.50. The van der Waals surface area contributed by atoms with Crippen LogP contribution < -0.4 is 16.2 Å². The van der Waals surface area contributed by atoms with Gasteiger partial charge in [-0.2, -0.15) is 10.1 Å². The highest BCUT2D eigenvalue weighted by Gasteiger charge is 2.44. The highest BCUT2D eigenvalue weighted by atomic mass is 35.5. The molecule has 180 valence electrons. The molecular formula is C24H30ClN7O2. The maximum atomic E-state index is 13.5. The molecule has 2 fully saturated rings. The van der Waals surface area contributed by atoms with Gasteiger partial charge < -0.3 is 20.4 Å². The van der Waals surface area contributed by atoms with Crippen LogP contribution in [0.3, 0.4) is 0 Å². The number of nitrogens with zero attached hydrogens (tertiary/aromatic N) is 5. The molecule has 1 aromatic carbocycles. The average Bonchev–Trinajstić information content (AvgIpc) is 3.53. The lowest BCUT2D eigenvalue weighted by Gasteiger charge is -2.41. The molecule has 0 saturated carbocycles. The van der Waals surface area contributed by atoms with Crippen LogP contribution in [0.25, 0.3) is 33.1 Å². The summed E-state index contributed by atoms with van der Waals surface area (Å²) in [5, 5.41) is 6.31. The second-order valence-corrected chi connectivity index (χ2v) is 9.43. The van der Waals surface area contributed by atoms with E-state index in [-0.39, 0.29) is 29.4 Å². The van der Waals surface area contributed by atoms with E-state index < -0.39 is 0 Å². The van der Waals surface area contributed by atoms with E-state index in [0.717, 1.165) is 61.1 Å². The lowest BCUT2D eigenvalue weighted by molar-refractivity contribution is 0.131. The first-order valence-electron chi connectivity index (χ1n) is 11.6. The van der Waals surface area contributed by atoms with E-state index in [1.165, 1.54) is 0 Å². The van der Waals surface area contributed by atoms with Gasteiger partial charge in [0.2, 0.25) is 5.95 Å². The van der Waals surface area contributed by atoms with Crippen molar-refractivity contribution in [2.45, 2.75) is 32.4 Å². The average molecular weight is 484 g/mol. The minimum Gasteiger partial charge on any atom is -0.379 e. The standard InChI is InChI=1S/C24H29N7O2.ClH/c1-3-31-12-16-5-4-15(10-18(16)28-31)17-11-26-21-20(17)22(32)29(2)23(27-21)30-8-6-24(7-9-30)14-33-13-19(24)25;/h4-5,10-12,19,26H,3,6-9,13-14,25H2,1-2H3;1H/t19-;/m1./s1. The fourth-order valence-electron chi connectivity index (χ4n) is 5.40. The predicted molar refractivity (Wildman–Crippen MR) is 136 cm³/mol. The van der Waals surface area contributed by atoms with E-state index in [9.17, 15) is 4.79 Å². The van der Waals surface area contributed by atoms with E-state index >= 15 is 0 Å². The molecule has 6 rings (SSSR count). The number of anilines is 1. The van der Waals surface area contributed by atoms with Gasteiger partial charge in [-0.15, -0.1) is 12.4 Å². The number of H-pyrrole nitrogens is 1. The van der Waals surface area contributed by atoms with E-state index in [4.69, 9.17) is 15.5 Å². The molecule has 4 aromatic rings. The van der Waals surface area contributed by atoms with Crippen LogP contribution in [-0.2, 0) is 18.3 Å². The minimum absolute atomic E-state index is 0. The van der Waals surface area contributed by atoms with Crippen molar-refractivity contribution >= 4 is 40.3 Å². The highest BCUT2D eigenvalue weighted by Crippen LogP contribution is 2.39. The van der Waals surface area contributed by atoms with Crippen LogP contribution in [0.4, 0.5) is 5.95 Å². The SMILES string of the molecule is CCn1cc2ccc(-c3c[nH]c4nc(N5CCC6(CC5)COC[C@H]6N)n(C)c(=O)c34)cc2n1.Cl. The third-order valence-electron chi connectivity index (χ3n) is 7.59.